The average molecular weight is 243 g/mol. The Morgan fingerprint density at radius 3 is 2.89 bits per heavy atom. The second kappa shape index (κ2) is 5.94. The van der Waals surface area contributed by atoms with Gasteiger partial charge >= 0.3 is 0 Å². The zero-order chi connectivity index (χ0) is 13.0. The molecule has 0 aliphatic carbocycles. The standard InChI is InChI=1S/C15H21N3/c1-3-11(2)9-15(18-16)13-6-4-5-12-7-8-17-10-14(12)13/h4-8,10-11,15,18H,3,9,16H2,1-2H3. The van der Waals surface area contributed by atoms with Crippen LogP contribution in [0.5, 0.6) is 0 Å². The van der Waals surface area contributed by atoms with Crippen molar-refractivity contribution >= 4 is 10.8 Å². The Hall–Kier alpha value is -1.45. The number of nitrogens with one attached hydrogen (secondary N) is 1. The van der Waals surface area contributed by atoms with Gasteiger partial charge in [-0.2, -0.15) is 0 Å². The summed E-state index contributed by atoms with van der Waals surface area (Å²) in [6, 6.07) is 8.55. The van der Waals surface area contributed by atoms with Gasteiger partial charge in [-0.3, -0.25) is 16.3 Å². The predicted molar refractivity (Wildman–Crippen MR) is 75.9 cm³/mol. The lowest BCUT2D eigenvalue weighted by Crippen LogP contribution is -2.29. The van der Waals surface area contributed by atoms with Gasteiger partial charge in [0.05, 0.1) is 0 Å². The van der Waals surface area contributed by atoms with Crippen LogP contribution in [0.15, 0.2) is 36.7 Å². The third-order valence-electron chi connectivity index (χ3n) is 3.63. The molecule has 0 amide bonds. The molecule has 0 spiro atoms. The van der Waals surface area contributed by atoms with Crippen LogP contribution in [0.1, 0.15) is 38.3 Å². The Morgan fingerprint density at radius 2 is 2.17 bits per heavy atom. The zero-order valence-electron chi connectivity index (χ0n) is 11.1. The van der Waals surface area contributed by atoms with Gasteiger partial charge < -0.3 is 0 Å². The first kappa shape index (κ1) is 13.0. The minimum absolute atomic E-state index is 0.188. The number of fused-ring (bicyclic) bond motifs is 1. The Bertz CT molecular complexity index is 505. The van der Waals surface area contributed by atoms with E-state index in [1.807, 2.05) is 18.5 Å². The molecule has 2 aromatic rings. The van der Waals surface area contributed by atoms with Crippen LogP contribution in [-0.2, 0) is 0 Å². The van der Waals surface area contributed by atoms with Crippen molar-refractivity contribution in [1.29, 1.82) is 0 Å². The summed E-state index contributed by atoms with van der Waals surface area (Å²) in [4.78, 5) is 4.22. The molecule has 96 valence electrons. The van der Waals surface area contributed by atoms with E-state index in [9.17, 15) is 0 Å². The normalized spacial score (nSPS) is 14.6. The topological polar surface area (TPSA) is 50.9 Å². The summed E-state index contributed by atoms with van der Waals surface area (Å²) in [5.41, 5.74) is 4.19. The lowest BCUT2D eigenvalue weighted by Gasteiger charge is -2.21. The van der Waals surface area contributed by atoms with Gasteiger partial charge in [0, 0.05) is 23.8 Å². The molecule has 1 aromatic heterocycles. The van der Waals surface area contributed by atoms with Crippen LogP contribution >= 0.6 is 0 Å². The Labute approximate surface area is 108 Å². The van der Waals surface area contributed by atoms with Crippen molar-refractivity contribution in [2.45, 2.75) is 32.7 Å². The highest BCUT2D eigenvalue weighted by Gasteiger charge is 2.15. The summed E-state index contributed by atoms with van der Waals surface area (Å²) in [6.45, 7) is 4.47. The van der Waals surface area contributed by atoms with Crippen LogP contribution in [0.25, 0.3) is 10.8 Å². The van der Waals surface area contributed by atoms with Crippen molar-refractivity contribution in [2.75, 3.05) is 0 Å². The highest BCUT2D eigenvalue weighted by molar-refractivity contribution is 5.85. The molecule has 0 fully saturated rings. The monoisotopic (exact) mass is 243 g/mol. The molecule has 1 heterocycles. The maximum Gasteiger partial charge on any atom is 0.0469 e. The number of hydrazine groups is 1. The number of nitrogens with zero attached hydrogens (tertiary/aromatic N) is 1. The summed E-state index contributed by atoms with van der Waals surface area (Å²) >= 11 is 0. The zero-order valence-corrected chi connectivity index (χ0v) is 11.1. The summed E-state index contributed by atoms with van der Waals surface area (Å²) in [5.74, 6) is 6.38. The van der Waals surface area contributed by atoms with Gasteiger partial charge in [-0.05, 0) is 29.4 Å². The van der Waals surface area contributed by atoms with Crippen LogP contribution in [-0.4, -0.2) is 4.98 Å². The highest BCUT2D eigenvalue weighted by atomic mass is 15.2. The number of rotatable bonds is 5. The van der Waals surface area contributed by atoms with Crippen LogP contribution in [0.2, 0.25) is 0 Å². The fraction of sp³-hybridized carbons (Fsp3) is 0.400. The fourth-order valence-electron chi connectivity index (χ4n) is 2.29. The van der Waals surface area contributed by atoms with Crippen molar-refractivity contribution in [1.82, 2.24) is 10.4 Å². The van der Waals surface area contributed by atoms with E-state index < -0.39 is 0 Å². The van der Waals surface area contributed by atoms with E-state index in [1.54, 1.807) is 0 Å². The molecule has 3 heteroatoms. The molecule has 0 aliphatic rings. The van der Waals surface area contributed by atoms with E-state index in [4.69, 9.17) is 5.84 Å². The molecule has 18 heavy (non-hydrogen) atoms. The Morgan fingerprint density at radius 1 is 1.33 bits per heavy atom. The smallest absolute Gasteiger partial charge is 0.0469 e. The van der Waals surface area contributed by atoms with E-state index in [0.717, 1.165) is 6.42 Å². The minimum Gasteiger partial charge on any atom is -0.271 e. The van der Waals surface area contributed by atoms with Crippen LogP contribution in [0.3, 0.4) is 0 Å². The van der Waals surface area contributed by atoms with E-state index in [-0.39, 0.29) is 6.04 Å². The molecule has 3 nitrogen and oxygen atoms in total. The summed E-state index contributed by atoms with van der Waals surface area (Å²) in [7, 11) is 0. The SMILES string of the molecule is CCC(C)CC(NN)c1cccc2ccncc12. The molecule has 3 N–H and O–H groups in total. The molecule has 0 saturated heterocycles. The van der Waals surface area contributed by atoms with Crippen molar-refractivity contribution in [3.8, 4) is 0 Å². The molecule has 2 rings (SSSR count). The van der Waals surface area contributed by atoms with Gasteiger partial charge in [-0.25, -0.2) is 0 Å². The molecule has 2 atom stereocenters. The van der Waals surface area contributed by atoms with Gasteiger partial charge in [0.25, 0.3) is 0 Å². The van der Waals surface area contributed by atoms with Gasteiger partial charge in [0.2, 0.25) is 0 Å². The number of aromatic nitrogens is 1. The number of pyridine rings is 1. The lowest BCUT2D eigenvalue weighted by atomic mass is 9.92. The number of hydrogen-bond donors (Lipinski definition) is 2. The third-order valence-corrected chi connectivity index (χ3v) is 3.63. The van der Waals surface area contributed by atoms with Crippen molar-refractivity contribution in [2.24, 2.45) is 11.8 Å². The first-order valence-electron chi connectivity index (χ1n) is 6.55. The second-order valence-corrected chi connectivity index (χ2v) is 4.91. The predicted octanol–water partition coefficient (Wildman–Crippen LogP) is 3.18. The molecule has 0 bridgehead atoms. The number of hydrogen-bond acceptors (Lipinski definition) is 3. The van der Waals surface area contributed by atoms with Crippen molar-refractivity contribution in [3.05, 3.63) is 42.2 Å². The van der Waals surface area contributed by atoms with Crippen molar-refractivity contribution in [3.63, 3.8) is 0 Å². The number of nitrogens with two attached hydrogens (primary N) is 1. The van der Waals surface area contributed by atoms with Gasteiger partial charge in [0.15, 0.2) is 0 Å². The Kier molecular flexibility index (Phi) is 4.28. The molecular weight excluding hydrogens is 222 g/mol. The molecular formula is C15H21N3. The maximum absolute atomic E-state index is 5.73. The molecule has 1 aromatic carbocycles. The van der Waals surface area contributed by atoms with Crippen molar-refractivity contribution < 1.29 is 0 Å². The summed E-state index contributed by atoms with van der Waals surface area (Å²) in [5, 5.41) is 2.40. The highest BCUT2D eigenvalue weighted by Crippen LogP contribution is 2.28. The molecule has 0 radical (unpaired) electrons. The minimum atomic E-state index is 0.188. The maximum atomic E-state index is 5.73. The first-order chi connectivity index (χ1) is 8.76. The molecule has 2 unspecified atom stereocenters. The van der Waals surface area contributed by atoms with Crippen LogP contribution in [0.4, 0.5) is 0 Å². The third kappa shape index (κ3) is 2.68. The molecule has 0 saturated carbocycles. The Balaban J connectivity index is 2.38. The van der Waals surface area contributed by atoms with Crippen LogP contribution < -0.4 is 11.3 Å². The van der Waals surface area contributed by atoms with E-state index in [0.29, 0.717) is 5.92 Å². The van der Waals surface area contributed by atoms with E-state index >= 15 is 0 Å². The summed E-state index contributed by atoms with van der Waals surface area (Å²) < 4.78 is 0. The summed E-state index contributed by atoms with van der Waals surface area (Å²) in [6.07, 6.45) is 5.96. The first-order valence-corrected chi connectivity index (χ1v) is 6.55. The number of benzene rings is 1. The van der Waals surface area contributed by atoms with Gasteiger partial charge in [-0.1, -0.05) is 38.5 Å². The lowest BCUT2D eigenvalue weighted by molar-refractivity contribution is 0.409. The van der Waals surface area contributed by atoms with E-state index in [1.165, 1.54) is 22.8 Å². The van der Waals surface area contributed by atoms with Gasteiger partial charge in [0.1, 0.15) is 0 Å². The second-order valence-electron chi connectivity index (χ2n) is 4.91. The largest absolute Gasteiger partial charge is 0.271 e. The van der Waals surface area contributed by atoms with Crippen LogP contribution in [0, 0.1) is 5.92 Å². The average Bonchev–Trinajstić information content (AvgIpc) is 2.44. The quantitative estimate of drug-likeness (QED) is 0.626. The fourth-order valence-corrected chi connectivity index (χ4v) is 2.29. The van der Waals surface area contributed by atoms with E-state index in [2.05, 4.69) is 42.5 Å². The molecule has 0 aliphatic heterocycles. The van der Waals surface area contributed by atoms with Gasteiger partial charge in [-0.15, -0.1) is 0 Å².